The van der Waals surface area contributed by atoms with Gasteiger partial charge in [-0.3, -0.25) is 14.5 Å². The van der Waals surface area contributed by atoms with Gasteiger partial charge in [0.05, 0.1) is 4.90 Å². The fourth-order valence-corrected chi connectivity index (χ4v) is 4.66. The first-order valence-electron chi connectivity index (χ1n) is 9.49. The van der Waals surface area contributed by atoms with Gasteiger partial charge in [0.1, 0.15) is 12.1 Å². The number of urea groups is 1. The lowest BCUT2D eigenvalue weighted by Gasteiger charge is -2.21. The van der Waals surface area contributed by atoms with Crippen molar-refractivity contribution < 1.29 is 22.8 Å². The monoisotopic (exact) mass is 422 g/mol. The summed E-state index contributed by atoms with van der Waals surface area (Å²) < 4.78 is 26.2. The molecular weight excluding hydrogens is 396 g/mol. The number of hydrogen-bond donors (Lipinski definition) is 2. The summed E-state index contributed by atoms with van der Waals surface area (Å²) >= 11 is 0. The van der Waals surface area contributed by atoms with E-state index in [4.69, 9.17) is 0 Å². The molecule has 0 aromatic heterocycles. The largest absolute Gasteiger partial charge is 0.325 e. The smallest absolute Gasteiger partial charge is 0.325 e. The van der Waals surface area contributed by atoms with Gasteiger partial charge in [-0.1, -0.05) is 0 Å². The van der Waals surface area contributed by atoms with Gasteiger partial charge >= 0.3 is 6.03 Å². The highest BCUT2D eigenvalue weighted by molar-refractivity contribution is 7.89. The van der Waals surface area contributed by atoms with Crippen molar-refractivity contribution in [2.75, 3.05) is 18.9 Å². The molecule has 2 fully saturated rings. The lowest BCUT2D eigenvalue weighted by atomic mass is 9.96. The number of rotatable bonds is 7. The number of nitrogens with zero attached hydrogens (tertiary/aromatic N) is 2. The van der Waals surface area contributed by atoms with E-state index in [-0.39, 0.29) is 16.9 Å². The number of benzene rings is 1. The third kappa shape index (κ3) is 3.99. The number of anilines is 1. The van der Waals surface area contributed by atoms with Gasteiger partial charge in [0, 0.05) is 18.8 Å². The van der Waals surface area contributed by atoms with Crippen LogP contribution in [-0.2, 0) is 19.6 Å². The lowest BCUT2D eigenvalue weighted by Crippen LogP contribution is -2.46. The van der Waals surface area contributed by atoms with E-state index in [1.807, 2.05) is 0 Å². The number of carbonyl (C=O) groups excluding carboxylic acids is 3. The minimum absolute atomic E-state index is 0.112. The standard InChI is InChI=1S/C19H26N4O5S/c1-12(2)22(4)29(27,28)15-9-7-14(8-10-15)20-16(24)11-23-17(25)19(3,13-5-6-13)21-18(23)26/h7-10,12-13H,5-6,11H2,1-4H3,(H,20,24)(H,21,26)/t19-/m1/s1. The second kappa shape index (κ2) is 7.42. The molecule has 0 bridgehead atoms. The Morgan fingerprint density at radius 1 is 1.28 bits per heavy atom. The Balaban J connectivity index is 1.64. The first-order chi connectivity index (χ1) is 13.5. The fourth-order valence-electron chi connectivity index (χ4n) is 3.29. The van der Waals surface area contributed by atoms with Crippen LogP contribution in [0, 0.1) is 5.92 Å². The average molecular weight is 423 g/mol. The van der Waals surface area contributed by atoms with Crippen LogP contribution in [0.25, 0.3) is 0 Å². The van der Waals surface area contributed by atoms with Gasteiger partial charge < -0.3 is 10.6 Å². The number of imide groups is 1. The quantitative estimate of drug-likeness (QED) is 0.644. The van der Waals surface area contributed by atoms with Gasteiger partial charge in [-0.15, -0.1) is 0 Å². The van der Waals surface area contributed by atoms with E-state index in [0.717, 1.165) is 17.7 Å². The first kappa shape index (κ1) is 21.3. The maximum absolute atomic E-state index is 12.6. The van der Waals surface area contributed by atoms with E-state index in [9.17, 15) is 22.8 Å². The summed E-state index contributed by atoms with van der Waals surface area (Å²) in [6.07, 6.45) is 1.76. The van der Waals surface area contributed by atoms with Gasteiger partial charge in [0.2, 0.25) is 15.9 Å². The van der Waals surface area contributed by atoms with Gasteiger partial charge in [-0.25, -0.2) is 13.2 Å². The Morgan fingerprint density at radius 3 is 2.38 bits per heavy atom. The molecule has 1 aromatic rings. The minimum Gasteiger partial charge on any atom is -0.325 e. The highest BCUT2D eigenvalue weighted by Gasteiger charge is 2.56. The van der Waals surface area contributed by atoms with Crippen LogP contribution in [0.15, 0.2) is 29.2 Å². The second-order valence-electron chi connectivity index (χ2n) is 7.99. The maximum Gasteiger partial charge on any atom is 0.325 e. The third-order valence-electron chi connectivity index (χ3n) is 5.54. The molecule has 1 heterocycles. The zero-order valence-electron chi connectivity index (χ0n) is 16.9. The van der Waals surface area contributed by atoms with Crippen LogP contribution < -0.4 is 10.6 Å². The predicted molar refractivity (Wildman–Crippen MR) is 107 cm³/mol. The third-order valence-corrected chi connectivity index (χ3v) is 7.59. The SMILES string of the molecule is CC(C)N(C)S(=O)(=O)c1ccc(NC(=O)CN2C(=O)N[C@](C)(C3CC3)C2=O)cc1. The Bertz CT molecular complexity index is 940. The summed E-state index contributed by atoms with van der Waals surface area (Å²) in [5.74, 6) is -0.813. The van der Waals surface area contributed by atoms with E-state index in [1.165, 1.54) is 35.6 Å². The molecule has 3 rings (SSSR count). The lowest BCUT2D eigenvalue weighted by molar-refractivity contribution is -0.134. The van der Waals surface area contributed by atoms with Crippen LogP contribution in [0.5, 0.6) is 0 Å². The summed E-state index contributed by atoms with van der Waals surface area (Å²) in [7, 11) is -2.11. The van der Waals surface area contributed by atoms with Crippen molar-refractivity contribution in [1.82, 2.24) is 14.5 Å². The molecule has 1 saturated carbocycles. The van der Waals surface area contributed by atoms with E-state index in [1.54, 1.807) is 20.8 Å². The van der Waals surface area contributed by atoms with Crippen molar-refractivity contribution in [3.8, 4) is 0 Å². The van der Waals surface area contributed by atoms with Gasteiger partial charge in [0.15, 0.2) is 0 Å². The molecule has 1 aromatic carbocycles. The topological polar surface area (TPSA) is 116 Å². The molecule has 1 atom stereocenters. The highest BCUT2D eigenvalue weighted by atomic mass is 32.2. The van der Waals surface area contributed by atoms with Crippen LogP contribution in [0.4, 0.5) is 10.5 Å². The normalized spacial score (nSPS) is 22.3. The van der Waals surface area contributed by atoms with Crippen molar-refractivity contribution in [2.45, 2.75) is 50.1 Å². The molecule has 9 nitrogen and oxygen atoms in total. The van der Waals surface area contributed by atoms with Crippen molar-refractivity contribution in [2.24, 2.45) is 5.92 Å². The van der Waals surface area contributed by atoms with Gasteiger partial charge in [-0.2, -0.15) is 4.31 Å². The molecule has 0 unspecified atom stereocenters. The van der Waals surface area contributed by atoms with E-state index in [2.05, 4.69) is 10.6 Å². The summed E-state index contributed by atoms with van der Waals surface area (Å²) in [6, 6.07) is 4.99. The molecule has 0 radical (unpaired) electrons. The predicted octanol–water partition coefficient (Wildman–Crippen LogP) is 1.37. The molecule has 10 heteroatoms. The van der Waals surface area contributed by atoms with Crippen molar-refractivity contribution in [1.29, 1.82) is 0 Å². The Labute approximate surface area is 170 Å². The Hall–Kier alpha value is -2.46. The fraction of sp³-hybridized carbons (Fsp3) is 0.526. The summed E-state index contributed by atoms with van der Waals surface area (Å²) in [6.45, 7) is 4.84. The van der Waals surface area contributed by atoms with Crippen LogP contribution in [-0.4, -0.2) is 60.6 Å². The van der Waals surface area contributed by atoms with E-state index < -0.39 is 40.0 Å². The number of amides is 4. The van der Waals surface area contributed by atoms with Crippen LogP contribution in [0.1, 0.15) is 33.6 Å². The molecule has 2 aliphatic rings. The molecule has 1 aliphatic heterocycles. The Morgan fingerprint density at radius 2 is 1.86 bits per heavy atom. The molecular formula is C19H26N4O5S. The summed E-state index contributed by atoms with van der Waals surface area (Å²) in [5.41, 5.74) is -0.561. The van der Waals surface area contributed by atoms with Crippen molar-refractivity contribution in [3.05, 3.63) is 24.3 Å². The zero-order chi connectivity index (χ0) is 21.6. The van der Waals surface area contributed by atoms with E-state index in [0.29, 0.717) is 5.69 Å². The molecule has 2 N–H and O–H groups in total. The van der Waals surface area contributed by atoms with Gasteiger partial charge in [0.25, 0.3) is 5.91 Å². The molecule has 0 spiro atoms. The van der Waals surface area contributed by atoms with Crippen LogP contribution in [0.3, 0.4) is 0 Å². The van der Waals surface area contributed by atoms with Gasteiger partial charge in [-0.05, 0) is 63.8 Å². The number of nitrogens with one attached hydrogen (secondary N) is 2. The molecule has 29 heavy (non-hydrogen) atoms. The second-order valence-corrected chi connectivity index (χ2v) is 9.98. The number of carbonyl (C=O) groups is 3. The maximum atomic E-state index is 12.6. The summed E-state index contributed by atoms with van der Waals surface area (Å²) in [4.78, 5) is 38.1. The van der Waals surface area contributed by atoms with Crippen LogP contribution in [0.2, 0.25) is 0 Å². The van der Waals surface area contributed by atoms with Crippen molar-refractivity contribution in [3.63, 3.8) is 0 Å². The summed E-state index contributed by atoms with van der Waals surface area (Å²) in [5, 5.41) is 5.28. The zero-order valence-corrected chi connectivity index (χ0v) is 17.7. The minimum atomic E-state index is -3.62. The molecule has 4 amide bonds. The number of hydrogen-bond acceptors (Lipinski definition) is 5. The van der Waals surface area contributed by atoms with Crippen LogP contribution >= 0.6 is 0 Å². The average Bonchev–Trinajstić information content (AvgIpc) is 3.47. The molecule has 1 aliphatic carbocycles. The highest BCUT2D eigenvalue weighted by Crippen LogP contribution is 2.42. The number of sulfonamides is 1. The molecule has 158 valence electrons. The van der Waals surface area contributed by atoms with Crippen molar-refractivity contribution >= 4 is 33.6 Å². The Kier molecular flexibility index (Phi) is 5.44. The first-order valence-corrected chi connectivity index (χ1v) is 10.9. The van der Waals surface area contributed by atoms with E-state index >= 15 is 0 Å². The molecule has 1 saturated heterocycles.